The summed E-state index contributed by atoms with van der Waals surface area (Å²) in [6.07, 6.45) is -0.813. The van der Waals surface area contributed by atoms with Crippen molar-refractivity contribution >= 4 is 17.3 Å². The zero-order valence-corrected chi connectivity index (χ0v) is 11.7. The van der Waals surface area contributed by atoms with E-state index in [0.717, 1.165) is 12.1 Å². The van der Waals surface area contributed by atoms with Crippen LogP contribution in [0, 0.1) is 15.9 Å². The molecule has 0 fully saturated rings. The fourth-order valence-electron chi connectivity index (χ4n) is 1.73. The summed E-state index contributed by atoms with van der Waals surface area (Å²) in [5.41, 5.74) is -0.573. The maximum Gasteiger partial charge on any atom is 0.306 e. The van der Waals surface area contributed by atoms with Gasteiger partial charge in [0.05, 0.1) is 4.92 Å². The third-order valence-corrected chi connectivity index (χ3v) is 2.84. The molecule has 0 saturated carbocycles. The van der Waals surface area contributed by atoms with Crippen LogP contribution in [0.4, 0.5) is 15.8 Å². The second-order valence-corrected chi connectivity index (χ2v) is 4.49. The van der Waals surface area contributed by atoms with Gasteiger partial charge in [0.2, 0.25) is 5.82 Å². The first kappa shape index (κ1) is 15.4. The van der Waals surface area contributed by atoms with Crippen molar-refractivity contribution in [2.45, 2.75) is 13.0 Å². The lowest BCUT2D eigenvalue weighted by atomic mass is 10.2. The van der Waals surface area contributed by atoms with E-state index in [9.17, 15) is 19.3 Å². The van der Waals surface area contributed by atoms with Gasteiger partial charge in [-0.2, -0.15) is 4.39 Å². The van der Waals surface area contributed by atoms with Crippen molar-refractivity contribution in [3.05, 3.63) is 64.5 Å². The minimum absolute atomic E-state index is 0.126. The molecule has 0 aliphatic rings. The lowest BCUT2D eigenvalue weighted by Crippen LogP contribution is -2.30. The largest absolute Gasteiger partial charge is 0.481 e. The van der Waals surface area contributed by atoms with Gasteiger partial charge in [-0.05, 0) is 31.2 Å². The topological polar surface area (TPSA) is 81.5 Å². The van der Waals surface area contributed by atoms with Gasteiger partial charge >= 0.3 is 5.69 Å². The molecule has 7 heteroatoms. The molecule has 2 aromatic carbocycles. The van der Waals surface area contributed by atoms with Gasteiger partial charge in [-0.1, -0.05) is 18.2 Å². The Kier molecular flexibility index (Phi) is 4.67. The molecule has 2 aromatic rings. The van der Waals surface area contributed by atoms with Gasteiger partial charge in [0.25, 0.3) is 5.91 Å². The van der Waals surface area contributed by atoms with Gasteiger partial charge < -0.3 is 10.1 Å². The third kappa shape index (κ3) is 3.78. The van der Waals surface area contributed by atoms with Crippen LogP contribution in [0.25, 0.3) is 0 Å². The molecule has 1 atom stereocenters. The number of benzene rings is 2. The molecule has 0 radical (unpaired) electrons. The number of ether oxygens (including phenoxy) is 1. The zero-order valence-electron chi connectivity index (χ0n) is 11.7. The number of nitrogens with zero attached hydrogens (tertiary/aromatic N) is 1. The van der Waals surface area contributed by atoms with Crippen molar-refractivity contribution in [1.82, 2.24) is 0 Å². The van der Waals surface area contributed by atoms with E-state index >= 15 is 0 Å². The standard InChI is InChI=1S/C15H13FN2O4/c1-10(22-12-5-3-2-4-6-12)15(19)17-11-7-8-13(16)14(9-11)18(20)21/h2-10H,1H3,(H,17,19)/t10-/m0/s1. The summed E-state index contributed by atoms with van der Waals surface area (Å²) < 4.78 is 18.7. The molecule has 0 aliphatic carbocycles. The smallest absolute Gasteiger partial charge is 0.306 e. The van der Waals surface area contributed by atoms with Crippen LogP contribution in [0.3, 0.4) is 0 Å². The van der Waals surface area contributed by atoms with Crippen molar-refractivity contribution in [2.24, 2.45) is 0 Å². The molecule has 1 N–H and O–H groups in total. The van der Waals surface area contributed by atoms with Gasteiger partial charge in [-0.3, -0.25) is 14.9 Å². The third-order valence-electron chi connectivity index (χ3n) is 2.84. The quantitative estimate of drug-likeness (QED) is 0.679. The first-order valence-corrected chi connectivity index (χ1v) is 6.44. The van der Waals surface area contributed by atoms with E-state index in [1.165, 1.54) is 6.07 Å². The van der Waals surface area contributed by atoms with Crippen LogP contribution < -0.4 is 10.1 Å². The predicted molar refractivity (Wildman–Crippen MR) is 78.2 cm³/mol. The Hall–Kier alpha value is -2.96. The van der Waals surface area contributed by atoms with E-state index in [-0.39, 0.29) is 5.69 Å². The van der Waals surface area contributed by atoms with E-state index in [2.05, 4.69) is 5.32 Å². The van der Waals surface area contributed by atoms with Crippen LogP contribution in [0.5, 0.6) is 5.75 Å². The normalized spacial score (nSPS) is 11.5. The molecular weight excluding hydrogens is 291 g/mol. The number of halogens is 1. The second kappa shape index (κ2) is 6.66. The fourth-order valence-corrected chi connectivity index (χ4v) is 1.73. The highest BCUT2D eigenvalue weighted by atomic mass is 19.1. The molecule has 6 nitrogen and oxygen atoms in total. The van der Waals surface area contributed by atoms with E-state index in [1.54, 1.807) is 31.2 Å². The number of amides is 1. The average molecular weight is 304 g/mol. The molecule has 0 spiro atoms. The molecule has 22 heavy (non-hydrogen) atoms. The van der Waals surface area contributed by atoms with E-state index in [1.807, 2.05) is 6.07 Å². The highest BCUT2D eigenvalue weighted by Gasteiger charge is 2.18. The first-order valence-electron chi connectivity index (χ1n) is 6.44. The number of carbonyl (C=O) groups excluding carboxylic acids is 1. The van der Waals surface area contributed by atoms with Crippen LogP contribution in [-0.2, 0) is 4.79 Å². The van der Waals surface area contributed by atoms with Crippen LogP contribution >= 0.6 is 0 Å². The summed E-state index contributed by atoms with van der Waals surface area (Å²) in [4.78, 5) is 21.8. The Balaban J connectivity index is 2.05. The lowest BCUT2D eigenvalue weighted by Gasteiger charge is -2.14. The fraction of sp³-hybridized carbons (Fsp3) is 0.133. The Morgan fingerprint density at radius 3 is 2.59 bits per heavy atom. The summed E-state index contributed by atoms with van der Waals surface area (Å²) in [5, 5.41) is 13.1. The zero-order chi connectivity index (χ0) is 16.1. The lowest BCUT2D eigenvalue weighted by molar-refractivity contribution is -0.387. The molecular formula is C15H13FN2O4. The van der Waals surface area contributed by atoms with Crippen molar-refractivity contribution in [1.29, 1.82) is 0 Å². The van der Waals surface area contributed by atoms with Crippen molar-refractivity contribution < 1.29 is 18.8 Å². The van der Waals surface area contributed by atoms with Crippen LogP contribution in [0.2, 0.25) is 0 Å². The molecule has 1 amide bonds. The predicted octanol–water partition coefficient (Wildman–Crippen LogP) is 3.14. The van der Waals surface area contributed by atoms with Crippen LogP contribution in [-0.4, -0.2) is 16.9 Å². The number of carbonyl (C=O) groups is 1. The highest BCUT2D eigenvalue weighted by Crippen LogP contribution is 2.22. The summed E-state index contributed by atoms with van der Waals surface area (Å²) in [5.74, 6) is -0.934. The molecule has 0 heterocycles. The van der Waals surface area contributed by atoms with Gasteiger partial charge in [0.15, 0.2) is 6.10 Å². The van der Waals surface area contributed by atoms with Gasteiger partial charge in [-0.25, -0.2) is 0 Å². The number of nitro benzene ring substituents is 1. The number of hydrogen-bond acceptors (Lipinski definition) is 4. The molecule has 0 unspecified atom stereocenters. The van der Waals surface area contributed by atoms with Gasteiger partial charge in [0, 0.05) is 11.8 Å². The van der Waals surface area contributed by atoms with Crippen LogP contribution in [0.15, 0.2) is 48.5 Å². The minimum Gasteiger partial charge on any atom is -0.481 e. The summed E-state index contributed by atoms with van der Waals surface area (Å²) >= 11 is 0. The summed E-state index contributed by atoms with van der Waals surface area (Å²) in [6, 6.07) is 11.9. The maximum atomic E-state index is 13.2. The summed E-state index contributed by atoms with van der Waals surface area (Å²) in [7, 11) is 0. The Bertz CT molecular complexity index is 691. The average Bonchev–Trinajstić information content (AvgIpc) is 2.49. The monoisotopic (exact) mass is 304 g/mol. The van der Waals surface area contributed by atoms with Crippen LogP contribution in [0.1, 0.15) is 6.92 Å². The van der Waals surface area contributed by atoms with Crippen molar-refractivity contribution in [3.63, 3.8) is 0 Å². The molecule has 0 saturated heterocycles. The van der Waals surface area contributed by atoms with E-state index in [0.29, 0.717) is 5.75 Å². The highest BCUT2D eigenvalue weighted by molar-refractivity contribution is 5.94. The minimum atomic E-state index is -0.961. The number of nitrogens with one attached hydrogen (secondary N) is 1. The van der Waals surface area contributed by atoms with Crippen molar-refractivity contribution in [3.8, 4) is 5.75 Å². The number of para-hydroxylation sites is 1. The Morgan fingerprint density at radius 1 is 1.27 bits per heavy atom. The molecule has 0 bridgehead atoms. The molecule has 0 aromatic heterocycles. The SMILES string of the molecule is C[C@H](Oc1ccccc1)C(=O)Nc1ccc(F)c([N+](=O)[O-])c1. The molecule has 0 aliphatic heterocycles. The van der Waals surface area contributed by atoms with Gasteiger partial charge in [0.1, 0.15) is 5.75 Å². The first-order chi connectivity index (χ1) is 10.5. The Morgan fingerprint density at radius 2 is 1.95 bits per heavy atom. The van der Waals surface area contributed by atoms with E-state index < -0.39 is 28.4 Å². The number of hydrogen-bond donors (Lipinski definition) is 1. The summed E-state index contributed by atoms with van der Waals surface area (Å²) in [6.45, 7) is 1.54. The number of nitro groups is 1. The second-order valence-electron chi connectivity index (χ2n) is 4.49. The molecule has 2 rings (SSSR count). The van der Waals surface area contributed by atoms with E-state index in [4.69, 9.17) is 4.74 Å². The molecule has 114 valence electrons. The van der Waals surface area contributed by atoms with Gasteiger partial charge in [-0.15, -0.1) is 0 Å². The maximum absolute atomic E-state index is 13.2. The van der Waals surface area contributed by atoms with Crippen molar-refractivity contribution in [2.75, 3.05) is 5.32 Å². The number of rotatable bonds is 5. The Labute approximate surface area is 125 Å². The number of anilines is 1.